The van der Waals surface area contributed by atoms with E-state index in [1.165, 1.54) is 0 Å². The van der Waals surface area contributed by atoms with E-state index in [2.05, 4.69) is 37.9 Å². The number of hydrogen-bond acceptors (Lipinski definition) is 2. The number of aryl methyl sites for hydroxylation is 1. The van der Waals surface area contributed by atoms with Crippen LogP contribution in [0.15, 0.2) is 35.0 Å². The summed E-state index contributed by atoms with van der Waals surface area (Å²) in [5.41, 5.74) is 6.11. The van der Waals surface area contributed by atoms with Gasteiger partial charge in [0, 0.05) is 24.1 Å². The van der Waals surface area contributed by atoms with Gasteiger partial charge in [0.1, 0.15) is 5.82 Å². The molecule has 1 aromatic carbocycles. The smallest absolute Gasteiger partial charge is 0.131 e. The van der Waals surface area contributed by atoms with Crippen molar-refractivity contribution >= 4 is 11.3 Å². The molecule has 2 nitrogen and oxygen atoms in total. The Balaban J connectivity index is 0.00000163. The number of nitrogens with zero attached hydrogens (tertiary/aromatic N) is 1. The summed E-state index contributed by atoms with van der Waals surface area (Å²) >= 11 is 0. The maximum Gasteiger partial charge on any atom is 0.131 e. The minimum Gasteiger partial charge on any atom is -0.400 e. The minimum atomic E-state index is -0.116. The van der Waals surface area contributed by atoms with Crippen LogP contribution in [0, 0.1) is 18.2 Å². The summed E-state index contributed by atoms with van der Waals surface area (Å²) in [4.78, 5) is 4.62. The lowest BCUT2D eigenvalue weighted by atomic mass is 9.76. The van der Waals surface area contributed by atoms with Crippen molar-refractivity contribution in [2.45, 2.75) is 67.2 Å². The molecular weight excluding hydrogens is 325 g/mol. The van der Waals surface area contributed by atoms with Gasteiger partial charge in [-0.2, -0.15) is 0 Å². The topological polar surface area (TPSA) is 32.6 Å². The highest BCUT2D eigenvalue weighted by Gasteiger charge is 2.24. The Bertz CT molecular complexity index is 688. The van der Waals surface area contributed by atoms with Crippen LogP contribution in [0.25, 0.3) is 5.57 Å². The Hall–Kier alpha value is -1.74. The Morgan fingerprint density at radius 3 is 2.42 bits per heavy atom. The monoisotopic (exact) mass is 359 g/mol. The molecule has 2 rings (SSSR count). The molecule has 144 valence electrons. The van der Waals surface area contributed by atoms with Crippen molar-refractivity contribution < 1.29 is 9.50 Å². The van der Waals surface area contributed by atoms with Crippen molar-refractivity contribution in [1.29, 1.82) is 0 Å². The third-order valence-electron chi connectivity index (χ3n) is 4.98. The molecule has 0 spiro atoms. The number of rotatable bonds is 4. The van der Waals surface area contributed by atoms with Crippen molar-refractivity contribution in [2.24, 2.45) is 10.4 Å². The SMILES string of the molecule is C/C=C(/C)N=C(CC)c1cc(C)c(C2=CCC(C)(C)CC2)c(F)c1.CO. The average Bonchev–Trinajstić information content (AvgIpc) is 2.61. The maximum absolute atomic E-state index is 14.9. The molecule has 1 aromatic rings. The van der Waals surface area contributed by atoms with Crippen LogP contribution in [0.5, 0.6) is 0 Å². The lowest BCUT2D eigenvalue weighted by molar-refractivity contribution is 0.334. The van der Waals surface area contributed by atoms with Crippen LogP contribution in [0.1, 0.15) is 77.0 Å². The zero-order valence-electron chi connectivity index (χ0n) is 17.4. The summed E-state index contributed by atoms with van der Waals surface area (Å²) in [7, 11) is 1.00. The first-order valence-corrected chi connectivity index (χ1v) is 9.42. The van der Waals surface area contributed by atoms with Gasteiger partial charge in [-0.1, -0.05) is 32.9 Å². The van der Waals surface area contributed by atoms with Crippen molar-refractivity contribution in [1.82, 2.24) is 0 Å². The predicted molar refractivity (Wildman–Crippen MR) is 111 cm³/mol. The number of allylic oxidation sites excluding steroid dienone is 4. The van der Waals surface area contributed by atoms with Gasteiger partial charge >= 0.3 is 0 Å². The van der Waals surface area contributed by atoms with E-state index in [9.17, 15) is 4.39 Å². The number of aliphatic hydroxyl groups is 1. The summed E-state index contributed by atoms with van der Waals surface area (Å²) in [6.45, 7) is 12.6. The zero-order chi connectivity index (χ0) is 19.9. The fraction of sp³-hybridized carbons (Fsp3) is 0.522. The molecule has 0 saturated heterocycles. The van der Waals surface area contributed by atoms with Crippen LogP contribution in [0.2, 0.25) is 0 Å². The standard InChI is InChI=1S/C22H30FN.CH4O/c1-7-16(4)24-20(8-2)18-13-15(3)21(19(23)14-18)17-9-11-22(5,6)12-10-17;1-2/h7,9,13-14H,8,10-12H2,1-6H3;2H,1H3/b16-7-,24-20?;. The second-order valence-electron chi connectivity index (χ2n) is 7.59. The highest BCUT2D eigenvalue weighted by Crippen LogP contribution is 2.39. The molecular formula is C23H34FNO. The number of aliphatic imine (C=N–C) groups is 1. The minimum absolute atomic E-state index is 0.116. The molecule has 0 radical (unpaired) electrons. The third kappa shape index (κ3) is 5.63. The number of hydrogen-bond donors (Lipinski definition) is 1. The van der Waals surface area contributed by atoms with Gasteiger partial charge in [-0.3, -0.25) is 4.99 Å². The van der Waals surface area contributed by atoms with Crippen LogP contribution in [0.3, 0.4) is 0 Å². The van der Waals surface area contributed by atoms with E-state index in [1.54, 1.807) is 6.07 Å². The van der Waals surface area contributed by atoms with Gasteiger partial charge in [-0.15, -0.1) is 0 Å². The van der Waals surface area contributed by atoms with Gasteiger partial charge in [-0.05, 0) is 80.7 Å². The molecule has 1 N–H and O–H groups in total. The van der Waals surface area contributed by atoms with Crippen LogP contribution in [0.4, 0.5) is 4.39 Å². The molecule has 0 aromatic heterocycles. The average molecular weight is 360 g/mol. The molecule has 3 heteroatoms. The molecule has 26 heavy (non-hydrogen) atoms. The molecule has 0 fully saturated rings. The van der Waals surface area contributed by atoms with Gasteiger partial charge in [0.05, 0.1) is 0 Å². The normalized spacial score (nSPS) is 17.3. The van der Waals surface area contributed by atoms with Gasteiger partial charge in [0.2, 0.25) is 0 Å². The van der Waals surface area contributed by atoms with Gasteiger partial charge in [-0.25, -0.2) is 4.39 Å². The largest absolute Gasteiger partial charge is 0.400 e. The van der Waals surface area contributed by atoms with E-state index >= 15 is 0 Å². The zero-order valence-corrected chi connectivity index (χ0v) is 17.4. The van der Waals surface area contributed by atoms with Crippen molar-refractivity contribution in [3.05, 3.63) is 52.5 Å². The molecule has 0 amide bonds. The van der Waals surface area contributed by atoms with Gasteiger partial charge < -0.3 is 5.11 Å². The molecule has 1 aliphatic rings. The van der Waals surface area contributed by atoms with E-state index in [0.29, 0.717) is 5.41 Å². The Labute approximate surface area is 158 Å². The Kier molecular flexibility index (Phi) is 8.42. The van der Waals surface area contributed by atoms with E-state index in [-0.39, 0.29) is 5.82 Å². The maximum atomic E-state index is 14.9. The van der Waals surface area contributed by atoms with Crippen molar-refractivity contribution in [2.75, 3.05) is 7.11 Å². The first-order chi connectivity index (χ1) is 12.3. The van der Waals surface area contributed by atoms with Crippen LogP contribution in [-0.2, 0) is 0 Å². The van der Waals surface area contributed by atoms with Gasteiger partial charge in [0.25, 0.3) is 0 Å². The Morgan fingerprint density at radius 2 is 1.96 bits per heavy atom. The van der Waals surface area contributed by atoms with E-state index in [0.717, 1.165) is 66.5 Å². The van der Waals surface area contributed by atoms with Crippen LogP contribution in [-0.4, -0.2) is 17.9 Å². The van der Waals surface area contributed by atoms with Crippen molar-refractivity contribution in [3.63, 3.8) is 0 Å². The molecule has 0 saturated carbocycles. The molecule has 0 atom stereocenters. The van der Waals surface area contributed by atoms with E-state index < -0.39 is 0 Å². The molecule has 0 heterocycles. The summed E-state index contributed by atoms with van der Waals surface area (Å²) in [6.07, 6.45) is 8.08. The summed E-state index contributed by atoms with van der Waals surface area (Å²) in [6, 6.07) is 3.75. The highest BCUT2D eigenvalue weighted by atomic mass is 19.1. The molecule has 1 aliphatic carbocycles. The molecule has 0 bridgehead atoms. The second-order valence-corrected chi connectivity index (χ2v) is 7.59. The fourth-order valence-corrected chi connectivity index (χ4v) is 3.25. The fourth-order valence-electron chi connectivity index (χ4n) is 3.25. The summed E-state index contributed by atoms with van der Waals surface area (Å²) in [5, 5.41) is 7.00. The summed E-state index contributed by atoms with van der Waals surface area (Å²) < 4.78 is 14.9. The van der Waals surface area contributed by atoms with Crippen LogP contribution < -0.4 is 0 Å². The first kappa shape index (κ1) is 22.3. The van der Waals surface area contributed by atoms with E-state index in [1.807, 2.05) is 26.8 Å². The lowest BCUT2D eigenvalue weighted by Gasteiger charge is -2.29. The number of aliphatic hydroxyl groups excluding tert-OH is 1. The molecule has 0 unspecified atom stereocenters. The lowest BCUT2D eigenvalue weighted by Crippen LogP contribution is -2.15. The van der Waals surface area contributed by atoms with Gasteiger partial charge in [0.15, 0.2) is 0 Å². The predicted octanol–water partition coefficient (Wildman–Crippen LogP) is 6.46. The van der Waals surface area contributed by atoms with Crippen LogP contribution >= 0.6 is 0 Å². The highest BCUT2D eigenvalue weighted by molar-refractivity contribution is 6.01. The number of benzene rings is 1. The third-order valence-corrected chi connectivity index (χ3v) is 4.98. The quantitative estimate of drug-likeness (QED) is 0.615. The number of halogens is 1. The second kappa shape index (κ2) is 9.82. The van der Waals surface area contributed by atoms with Crippen molar-refractivity contribution in [3.8, 4) is 0 Å². The Morgan fingerprint density at radius 1 is 1.31 bits per heavy atom. The molecule has 0 aliphatic heterocycles. The first-order valence-electron chi connectivity index (χ1n) is 9.42. The summed E-state index contributed by atoms with van der Waals surface area (Å²) in [5.74, 6) is -0.116. The van der Waals surface area contributed by atoms with E-state index in [4.69, 9.17) is 5.11 Å².